The van der Waals surface area contributed by atoms with Crippen molar-refractivity contribution < 1.29 is 19.1 Å². The second-order valence-electron chi connectivity index (χ2n) is 5.98. The Balaban J connectivity index is 2.03. The number of anilines is 1. The lowest BCUT2D eigenvalue weighted by Gasteiger charge is -2.18. The van der Waals surface area contributed by atoms with Crippen LogP contribution in [0.25, 0.3) is 0 Å². The Kier molecular flexibility index (Phi) is 5.68. The number of aryl methyl sites for hydroxylation is 2. The van der Waals surface area contributed by atoms with E-state index < -0.39 is 23.6 Å². The maximum absolute atomic E-state index is 12.8. The molecule has 5 heteroatoms. The molecule has 2 aromatic carbocycles. The fraction of sp³-hybridized carbons (Fsp3) is 0.263. The van der Waals surface area contributed by atoms with E-state index in [0.717, 1.165) is 16.7 Å². The van der Waals surface area contributed by atoms with Gasteiger partial charge in [0.25, 0.3) is 0 Å². The summed E-state index contributed by atoms with van der Waals surface area (Å²) < 4.78 is 12.8. The van der Waals surface area contributed by atoms with Crippen molar-refractivity contribution in [2.45, 2.75) is 26.7 Å². The zero-order chi connectivity index (χ0) is 17.7. The van der Waals surface area contributed by atoms with Gasteiger partial charge >= 0.3 is 0 Å². The molecule has 0 bridgehead atoms. The molecule has 0 radical (unpaired) electrons. The molecule has 24 heavy (non-hydrogen) atoms. The fourth-order valence-corrected chi connectivity index (χ4v) is 2.68. The summed E-state index contributed by atoms with van der Waals surface area (Å²) in [5, 5.41) is 13.9. The number of halogens is 1. The lowest BCUT2D eigenvalue weighted by atomic mass is 9.94. The van der Waals surface area contributed by atoms with Crippen LogP contribution in [0, 0.1) is 25.6 Å². The minimum absolute atomic E-state index is 0.202. The molecule has 126 valence electrons. The average molecular weight is 328 g/mol. The summed E-state index contributed by atoms with van der Waals surface area (Å²) in [6, 6.07) is 11.1. The summed E-state index contributed by atoms with van der Waals surface area (Å²) in [4.78, 5) is 23.4. The van der Waals surface area contributed by atoms with E-state index in [0.29, 0.717) is 5.69 Å². The topological polar surface area (TPSA) is 69.2 Å². The molecule has 1 amide bonds. The Morgan fingerprint density at radius 3 is 2.21 bits per heavy atom. The smallest absolute Gasteiger partial charge is 0.225 e. The number of amides is 1. The Morgan fingerprint density at radius 2 is 1.67 bits per heavy atom. The number of nitrogens with one attached hydrogen (secondary N) is 1. The molecule has 1 N–H and O–H groups in total. The molecular formula is C19H19FNO3-. The van der Waals surface area contributed by atoms with E-state index in [1.165, 1.54) is 24.3 Å². The minimum Gasteiger partial charge on any atom is -0.550 e. The van der Waals surface area contributed by atoms with E-state index in [-0.39, 0.29) is 12.8 Å². The van der Waals surface area contributed by atoms with Crippen LogP contribution in [-0.2, 0) is 16.0 Å². The Morgan fingerprint density at radius 1 is 1.08 bits per heavy atom. The molecule has 0 aliphatic heterocycles. The molecule has 4 nitrogen and oxygen atoms in total. The zero-order valence-electron chi connectivity index (χ0n) is 13.6. The van der Waals surface area contributed by atoms with Crippen LogP contribution in [0.5, 0.6) is 0 Å². The number of carboxylic acid groups (broad SMARTS) is 1. The minimum atomic E-state index is -1.26. The predicted octanol–water partition coefficient (Wildman–Crippen LogP) is 2.38. The lowest BCUT2D eigenvalue weighted by molar-refractivity contribution is -0.311. The van der Waals surface area contributed by atoms with E-state index in [9.17, 15) is 19.1 Å². The third-order valence-electron chi connectivity index (χ3n) is 3.66. The van der Waals surface area contributed by atoms with Crippen LogP contribution in [0.1, 0.15) is 23.1 Å². The summed E-state index contributed by atoms with van der Waals surface area (Å²) >= 11 is 0. The number of carboxylic acids is 1. The largest absolute Gasteiger partial charge is 0.550 e. The van der Waals surface area contributed by atoms with Crippen LogP contribution in [0.4, 0.5) is 10.1 Å². The van der Waals surface area contributed by atoms with Gasteiger partial charge in [-0.3, -0.25) is 4.79 Å². The Labute approximate surface area is 140 Å². The van der Waals surface area contributed by atoms with Crippen molar-refractivity contribution in [3.05, 3.63) is 65.0 Å². The second-order valence-corrected chi connectivity index (χ2v) is 5.98. The van der Waals surface area contributed by atoms with Crippen LogP contribution in [0.15, 0.2) is 42.5 Å². The van der Waals surface area contributed by atoms with Gasteiger partial charge in [0.1, 0.15) is 5.82 Å². The summed E-state index contributed by atoms with van der Waals surface area (Å²) in [5.41, 5.74) is 3.36. The first-order valence-electron chi connectivity index (χ1n) is 7.67. The monoisotopic (exact) mass is 328 g/mol. The highest BCUT2D eigenvalue weighted by atomic mass is 19.1. The number of rotatable bonds is 6. The number of aliphatic carboxylic acids is 1. The molecule has 0 aromatic heterocycles. The van der Waals surface area contributed by atoms with Crippen LogP contribution >= 0.6 is 0 Å². The first kappa shape index (κ1) is 17.7. The zero-order valence-corrected chi connectivity index (χ0v) is 13.6. The third-order valence-corrected chi connectivity index (χ3v) is 3.66. The van der Waals surface area contributed by atoms with Crippen molar-refractivity contribution >= 4 is 17.6 Å². The number of carbonyl (C=O) groups excluding carboxylic acids is 2. The molecule has 0 aliphatic rings. The SMILES string of the molecule is Cc1cc(C)cc(C[C@H](CC(=O)Nc2ccc(F)cc2)C(=O)[O-])c1. The van der Waals surface area contributed by atoms with Crippen LogP contribution in [0.2, 0.25) is 0 Å². The van der Waals surface area contributed by atoms with Crippen LogP contribution in [0.3, 0.4) is 0 Å². The Bertz CT molecular complexity index is 721. The Hall–Kier alpha value is -2.69. The standard InChI is InChI=1S/C19H20FNO3/c1-12-7-13(2)9-14(8-12)10-15(19(23)24)11-18(22)21-17-5-3-16(20)4-6-17/h3-9,15H,10-11H2,1-2H3,(H,21,22)(H,23,24)/p-1/t15-/m1/s1. The van der Waals surface area contributed by atoms with Gasteiger partial charge in [-0.2, -0.15) is 0 Å². The van der Waals surface area contributed by atoms with Crippen molar-refractivity contribution in [3.63, 3.8) is 0 Å². The van der Waals surface area contributed by atoms with Crippen molar-refractivity contribution in [2.75, 3.05) is 5.32 Å². The summed E-state index contributed by atoms with van der Waals surface area (Å²) in [6.07, 6.45) is 0.0222. The van der Waals surface area contributed by atoms with E-state index in [1.807, 2.05) is 32.0 Å². The van der Waals surface area contributed by atoms with Crippen LogP contribution in [-0.4, -0.2) is 11.9 Å². The van der Waals surface area contributed by atoms with Crippen molar-refractivity contribution in [3.8, 4) is 0 Å². The van der Waals surface area contributed by atoms with E-state index in [4.69, 9.17) is 0 Å². The lowest BCUT2D eigenvalue weighted by Crippen LogP contribution is -2.35. The molecule has 0 aliphatic carbocycles. The quantitative estimate of drug-likeness (QED) is 0.885. The van der Waals surface area contributed by atoms with Gasteiger partial charge in [-0.15, -0.1) is 0 Å². The molecule has 2 rings (SSSR count). The average Bonchev–Trinajstić information content (AvgIpc) is 2.48. The third kappa shape index (κ3) is 5.19. The number of hydrogen-bond acceptors (Lipinski definition) is 3. The summed E-state index contributed by atoms with van der Waals surface area (Å²) in [6.45, 7) is 3.87. The van der Waals surface area contributed by atoms with E-state index in [2.05, 4.69) is 5.32 Å². The highest BCUT2D eigenvalue weighted by Crippen LogP contribution is 2.17. The molecule has 0 heterocycles. The first-order valence-corrected chi connectivity index (χ1v) is 7.67. The number of benzene rings is 2. The fourth-order valence-electron chi connectivity index (χ4n) is 2.68. The summed E-state index contributed by atoms with van der Waals surface area (Å²) in [5.74, 6) is -3.04. The predicted molar refractivity (Wildman–Crippen MR) is 87.8 cm³/mol. The molecule has 1 atom stereocenters. The molecule has 0 saturated carbocycles. The maximum Gasteiger partial charge on any atom is 0.225 e. The van der Waals surface area contributed by atoms with Gasteiger partial charge in [-0.1, -0.05) is 29.3 Å². The van der Waals surface area contributed by atoms with Crippen LogP contribution < -0.4 is 10.4 Å². The van der Waals surface area contributed by atoms with Gasteiger partial charge in [-0.05, 0) is 50.1 Å². The van der Waals surface area contributed by atoms with Gasteiger partial charge in [0.05, 0.1) is 0 Å². The number of hydrogen-bond donors (Lipinski definition) is 1. The van der Waals surface area contributed by atoms with Crippen molar-refractivity contribution in [1.82, 2.24) is 0 Å². The van der Waals surface area contributed by atoms with E-state index >= 15 is 0 Å². The van der Waals surface area contributed by atoms with Gasteiger partial charge < -0.3 is 15.2 Å². The normalized spacial score (nSPS) is 11.8. The number of carbonyl (C=O) groups is 2. The van der Waals surface area contributed by atoms with Gasteiger partial charge in [0, 0.05) is 24.0 Å². The van der Waals surface area contributed by atoms with Crippen molar-refractivity contribution in [1.29, 1.82) is 0 Å². The van der Waals surface area contributed by atoms with Gasteiger partial charge in [0.15, 0.2) is 0 Å². The first-order chi connectivity index (χ1) is 11.3. The molecule has 0 saturated heterocycles. The van der Waals surface area contributed by atoms with Crippen molar-refractivity contribution in [2.24, 2.45) is 5.92 Å². The molecular weight excluding hydrogens is 309 g/mol. The highest BCUT2D eigenvalue weighted by molar-refractivity contribution is 5.92. The highest BCUT2D eigenvalue weighted by Gasteiger charge is 2.16. The van der Waals surface area contributed by atoms with Gasteiger partial charge in [-0.25, -0.2) is 4.39 Å². The van der Waals surface area contributed by atoms with E-state index in [1.54, 1.807) is 0 Å². The molecule has 0 unspecified atom stereocenters. The summed E-state index contributed by atoms with van der Waals surface area (Å²) in [7, 11) is 0. The molecule has 0 spiro atoms. The van der Waals surface area contributed by atoms with Gasteiger partial charge in [0.2, 0.25) is 5.91 Å². The maximum atomic E-state index is 12.8. The molecule has 2 aromatic rings. The molecule has 0 fully saturated rings. The second kappa shape index (κ2) is 7.73.